The predicted molar refractivity (Wildman–Crippen MR) is 118 cm³/mol. The third-order valence-electron chi connectivity index (χ3n) is 8.37. The molecule has 1 amide bonds. The summed E-state index contributed by atoms with van der Waals surface area (Å²) in [7, 11) is 1.57. The number of amides is 1. The molecule has 2 N–H and O–H groups in total. The topological polar surface area (TPSA) is 67.8 Å². The second-order valence-electron chi connectivity index (χ2n) is 10.0. The normalized spacial score (nSPS) is 33.0. The number of phenolic OH excluding ortho intramolecular Hbond substituents is 1. The highest BCUT2D eigenvalue weighted by Crippen LogP contribution is 2.71. The van der Waals surface area contributed by atoms with Crippen LogP contribution in [0.5, 0.6) is 11.5 Å². The number of methoxy groups -OCH3 is 1. The van der Waals surface area contributed by atoms with Crippen molar-refractivity contribution in [1.82, 2.24) is 5.32 Å². The summed E-state index contributed by atoms with van der Waals surface area (Å²) in [6.45, 7) is 5.22. The van der Waals surface area contributed by atoms with Crippen LogP contribution in [0.1, 0.15) is 55.1 Å². The molecule has 0 radical (unpaired) electrons. The fourth-order valence-corrected chi connectivity index (χ4v) is 6.83. The van der Waals surface area contributed by atoms with E-state index in [0.29, 0.717) is 23.8 Å². The van der Waals surface area contributed by atoms with Crippen molar-refractivity contribution in [2.45, 2.75) is 45.3 Å². The summed E-state index contributed by atoms with van der Waals surface area (Å²) >= 11 is 0. The predicted octanol–water partition coefficient (Wildman–Crippen LogP) is 4.71. The summed E-state index contributed by atoms with van der Waals surface area (Å²) in [6.07, 6.45) is 2.88. The first kappa shape index (κ1) is 20.4. The zero-order valence-electron chi connectivity index (χ0n) is 18.4. The van der Waals surface area contributed by atoms with Crippen LogP contribution in [0, 0.1) is 22.7 Å². The van der Waals surface area contributed by atoms with E-state index in [4.69, 9.17) is 9.47 Å². The molecule has 2 saturated carbocycles. The lowest BCUT2D eigenvalue weighted by Gasteiger charge is -2.53. The van der Waals surface area contributed by atoms with Gasteiger partial charge in [0.05, 0.1) is 13.2 Å². The van der Waals surface area contributed by atoms with Crippen molar-refractivity contribution in [3.8, 4) is 11.5 Å². The number of aromatic hydroxyl groups is 1. The molecular formula is C26H31NO4. The van der Waals surface area contributed by atoms with Gasteiger partial charge in [0, 0.05) is 23.8 Å². The van der Waals surface area contributed by atoms with Crippen LogP contribution in [0.15, 0.2) is 48.5 Å². The molecule has 3 aliphatic rings. The van der Waals surface area contributed by atoms with Crippen molar-refractivity contribution in [3.63, 3.8) is 0 Å². The second-order valence-corrected chi connectivity index (χ2v) is 10.0. The summed E-state index contributed by atoms with van der Waals surface area (Å²) in [4.78, 5) is 13.1. The van der Waals surface area contributed by atoms with E-state index in [-0.39, 0.29) is 40.6 Å². The number of nitrogens with one attached hydrogen (secondary N) is 1. The van der Waals surface area contributed by atoms with Crippen LogP contribution in [0.3, 0.4) is 0 Å². The number of fused-ring (bicyclic) bond motifs is 1. The Hall–Kier alpha value is -2.53. The van der Waals surface area contributed by atoms with E-state index in [9.17, 15) is 9.90 Å². The van der Waals surface area contributed by atoms with Gasteiger partial charge in [0.25, 0.3) is 5.91 Å². The average Bonchev–Trinajstić information content (AvgIpc) is 3.27. The lowest BCUT2D eigenvalue weighted by molar-refractivity contribution is -0.121. The molecule has 1 unspecified atom stereocenters. The zero-order valence-corrected chi connectivity index (χ0v) is 18.4. The minimum atomic E-state index is -0.193. The molecule has 2 aromatic carbocycles. The molecule has 2 aromatic rings. The average molecular weight is 422 g/mol. The maximum absolute atomic E-state index is 13.1. The Morgan fingerprint density at radius 1 is 1.16 bits per heavy atom. The molecule has 5 heteroatoms. The number of rotatable bonds is 4. The van der Waals surface area contributed by atoms with Crippen LogP contribution < -0.4 is 10.1 Å². The number of hydrogen-bond donors (Lipinski definition) is 2. The van der Waals surface area contributed by atoms with Gasteiger partial charge in [-0.15, -0.1) is 0 Å². The standard InChI is InChI=1S/C26H31NO4/c1-25(2)17-14-19-22(18-10-7-11-20(30-3)21(18)28)31-13-12-26(19,15-17)24(25)27-23(29)16-8-5-4-6-9-16/h4-11,17,19,22,24,28H,12-15H2,1-3H3,(H,27,29)/t17-,19-,22-,24+,26?/m1/s1. The van der Waals surface area contributed by atoms with Gasteiger partial charge in [-0.1, -0.05) is 44.2 Å². The van der Waals surface area contributed by atoms with Gasteiger partial charge in [-0.05, 0) is 60.1 Å². The monoisotopic (exact) mass is 421 g/mol. The molecule has 31 heavy (non-hydrogen) atoms. The van der Waals surface area contributed by atoms with Crippen molar-refractivity contribution in [3.05, 3.63) is 59.7 Å². The Labute approximate surface area is 183 Å². The van der Waals surface area contributed by atoms with Crippen LogP contribution in [0.4, 0.5) is 0 Å². The first-order chi connectivity index (χ1) is 14.9. The van der Waals surface area contributed by atoms with Gasteiger partial charge in [0.1, 0.15) is 0 Å². The summed E-state index contributed by atoms with van der Waals surface area (Å²) in [5, 5.41) is 14.3. The molecule has 1 heterocycles. The number of carbonyl (C=O) groups excluding carboxylic acids is 1. The van der Waals surface area contributed by atoms with Crippen molar-refractivity contribution >= 4 is 5.91 Å². The number of carbonyl (C=O) groups is 1. The van der Waals surface area contributed by atoms with E-state index in [1.54, 1.807) is 13.2 Å². The van der Waals surface area contributed by atoms with E-state index in [2.05, 4.69) is 19.2 Å². The molecule has 5 atom stereocenters. The van der Waals surface area contributed by atoms with Crippen LogP contribution in [-0.2, 0) is 4.74 Å². The molecule has 1 spiro atoms. The Kier molecular flexibility index (Phi) is 4.78. The summed E-state index contributed by atoms with van der Waals surface area (Å²) in [5.41, 5.74) is 1.47. The minimum Gasteiger partial charge on any atom is -0.504 e. The molecule has 2 bridgehead atoms. The first-order valence-corrected chi connectivity index (χ1v) is 11.2. The third-order valence-corrected chi connectivity index (χ3v) is 8.37. The smallest absolute Gasteiger partial charge is 0.251 e. The van der Waals surface area contributed by atoms with Crippen LogP contribution in [0.2, 0.25) is 0 Å². The lowest BCUT2D eigenvalue weighted by Crippen LogP contribution is -2.58. The van der Waals surface area contributed by atoms with Crippen LogP contribution >= 0.6 is 0 Å². The summed E-state index contributed by atoms with van der Waals surface area (Å²) in [6, 6.07) is 15.1. The molecule has 1 aliphatic heterocycles. The fraction of sp³-hybridized carbons (Fsp3) is 0.500. The molecule has 164 valence electrons. The Bertz CT molecular complexity index is 988. The Morgan fingerprint density at radius 2 is 1.94 bits per heavy atom. The van der Waals surface area contributed by atoms with Crippen molar-refractivity contribution in [2.75, 3.05) is 13.7 Å². The summed E-state index contributed by atoms with van der Waals surface area (Å²) < 4.78 is 11.6. The molecule has 1 saturated heterocycles. The molecule has 5 nitrogen and oxygen atoms in total. The Morgan fingerprint density at radius 3 is 2.68 bits per heavy atom. The van der Waals surface area contributed by atoms with E-state index in [1.165, 1.54) is 0 Å². The highest BCUT2D eigenvalue weighted by Gasteiger charge is 2.68. The van der Waals surface area contributed by atoms with Crippen LogP contribution in [-0.4, -0.2) is 30.8 Å². The Balaban J connectivity index is 1.50. The molecular weight excluding hydrogens is 390 g/mol. The minimum absolute atomic E-state index is 0.00776. The quantitative estimate of drug-likeness (QED) is 0.750. The number of phenols is 1. The summed E-state index contributed by atoms with van der Waals surface area (Å²) in [5.74, 6) is 1.39. The number of para-hydroxylation sites is 1. The zero-order chi connectivity index (χ0) is 21.8. The van der Waals surface area contributed by atoms with Gasteiger partial charge in [0.15, 0.2) is 11.5 Å². The SMILES string of the molecule is COc1cccc([C@H]2OCCC34C[C@@H](C[C@H]23)C(C)(C)[C@@H]4NC(=O)c2ccccc2)c1O. The number of ether oxygens (including phenoxy) is 2. The van der Waals surface area contributed by atoms with Gasteiger partial charge in [-0.3, -0.25) is 4.79 Å². The van der Waals surface area contributed by atoms with E-state index < -0.39 is 0 Å². The maximum atomic E-state index is 13.1. The van der Waals surface area contributed by atoms with Crippen molar-refractivity contribution < 1.29 is 19.4 Å². The van der Waals surface area contributed by atoms with Gasteiger partial charge in [-0.2, -0.15) is 0 Å². The highest BCUT2D eigenvalue weighted by molar-refractivity contribution is 5.94. The van der Waals surface area contributed by atoms with E-state index >= 15 is 0 Å². The van der Waals surface area contributed by atoms with Gasteiger partial charge >= 0.3 is 0 Å². The molecule has 2 aliphatic carbocycles. The van der Waals surface area contributed by atoms with Gasteiger partial charge < -0.3 is 19.9 Å². The molecule has 5 rings (SSSR count). The molecule has 3 fully saturated rings. The highest BCUT2D eigenvalue weighted by atomic mass is 16.5. The van der Waals surface area contributed by atoms with Crippen molar-refractivity contribution in [1.29, 1.82) is 0 Å². The number of hydrogen-bond acceptors (Lipinski definition) is 4. The first-order valence-electron chi connectivity index (χ1n) is 11.2. The lowest BCUT2D eigenvalue weighted by atomic mass is 9.58. The van der Waals surface area contributed by atoms with Gasteiger partial charge in [-0.25, -0.2) is 0 Å². The fourth-order valence-electron chi connectivity index (χ4n) is 6.83. The van der Waals surface area contributed by atoms with Crippen molar-refractivity contribution in [2.24, 2.45) is 22.7 Å². The second kappa shape index (κ2) is 7.27. The van der Waals surface area contributed by atoms with Crippen LogP contribution in [0.25, 0.3) is 0 Å². The van der Waals surface area contributed by atoms with Gasteiger partial charge in [0.2, 0.25) is 0 Å². The van der Waals surface area contributed by atoms with E-state index in [1.807, 2.05) is 42.5 Å². The number of benzene rings is 2. The van der Waals surface area contributed by atoms with E-state index in [0.717, 1.165) is 24.8 Å². The molecule has 0 aromatic heterocycles. The maximum Gasteiger partial charge on any atom is 0.251 e. The third kappa shape index (κ3) is 2.97. The largest absolute Gasteiger partial charge is 0.504 e.